The van der Waals surface area contributed by atoms with E-state index in [1.54, 1.807) is 18.7 Å². The van der Waals surface area contributed by atoms with E-state index < -0.39 is 0 Å². The average Bonchev–Trinajstić information content (AvgIpc) is 3.00. The second-order valence-electron chi connectivity index (χ2n) is 6.88. The van der Waals surface area contributed by atoms with Crippen LogP contribution in [0.5, 0.6) is 0 Å². The van der Waals surface area contributed by atoms with Gasteiger partial charge >= 0.3 is 5.97 Å². The minimum atomic E-state index is -0.333. The van der Waals surface area contributed by atoms with Crippen molar-refractivity contribution in [2.75, 3.05) is 17.7 Å². The molecule has 0 spiro atoms. The van der Waals surface area contributed by atoms with Gasteiger partial charge in [-0.2, -0.15) is 0 Å². The van der Waals surface area contributed by atoms with E-state index in [0.717, 1.165) is 29.7 Å². The number of ether oxygens (including phenoxy) is 1. The van der Waals surface area contributed by atoms with Gasteiger partial charge in [0.05, 0.1) is 12.2 Å². The number of nitrogens with one attached hydrogen (secondary N) is 1. The molecule has 1 heterocycles. The molecule has 2 aromatic rings. The van der Waals surface area contributed by atoms with Gasteiger partial charge in [-0.05, 0) is 61.9 Å². The van der Waals surface area contributed by atoms with Crippen LogP contribution in [0.4, 0.5) is 5.00 Å². The molecule has 28 heavy (non-hydrogen) atoms. The van der Waals surface area contributed by atoms with E-state index in [1.165, 1.54) is 16.2 Å². The summed E-state index contributed by atoms with van der Waals surface area (Å²) in [7, 11) is 0. The number of amides is 1. The van der Waals surface area contributed by atoms with E-state index in [4.69, 9.17) is 16.3 Å². The second kappa shape index (κ2) is 9.81. The number of esters is 1. The molecule has 1 aliphatic rings. The number of anilines is 1. The Labute approximate surface area is 179 Å². The largest absolute Gasteiger partial charge is 0.462 e. The SMILES string of the molecule is CCOC(=O)c1c(NC(=O)CCSc2ccc(Cl)cc2)sc2c1CCC(C)C2. The topological polar surface area (TPSA) is 55.4 Å². The molecular formula is C21H24ClNO3S2. The zero-order valence-corrected chi connectivity index (χ0v) is 18.4. The fourth-order valence-corrected chi connectivity index (χ4v) is 5.63. The van der Waals surface area contributed by atoms with Crippen LogP contribution in [0.15, 0.2) is 29.2 Å². The predicted molar refractivity (Wildman–Crippen MR) is 117 cm³/mol. The molecule has 0 bridgehead atoms. The lowest BCUT2D eigenvalue weighted by Crippen LogP contribution is -2.16. The standard InChI is InChI=1S/C21H24ClNO3S2/c1-3-26-21(25)19-16-9-4-13(2)12-17(16)28-20(19)23-18(24)10-11-27-15-7-5-14(22)6-8-15/h5-8,13H,3-4,9-12H2,1-2H3,(H,23,24). The molecule has 150 valence electrons. The Balaban J connectivity index is 1.66. The molecule has 1 N–H and O–H groups in total. The highest BCUT2D eigenvalue weighted by molar-refractivity contribution is 7.99. The third-order valence-electron chi connectivity index (χ3n) is 4.66. The summed E-state index contributed by atoms with van der Waals surface area (Å²) in [4.78, 5) is 27.3. The minimum Gasteiger partial charge on any atom is -0.462 e. The van der Waals surface area contributed by atoms with Gasteiger partial charge in [0.2, 0.25) is 5.91 Å². The molecule has 0 fully saturated rings. The average molecular weight is 438 g/mol. The van der Waals surface area contributed by atoms with Crippen LogP contribution in [-0.4, -0.2) is 24.2 Å². The van der Waals surface area contributed by atoms with Gasteiger partial charge in [0.15, 0.2) is 0 Å². The summed E-state index contributed by atoms with van der Waals surface area (Å²) in [5, 5.41) is 4.30. The number of benzene rings is 1. The van der Waals surface area contributed by atoms with Gasteiger partial charge in [0.25, 0.3) is 0 Å². The second-order valence-corrected chi connectivity index (χ2v) is 9.59. The normalized spacial score (nSPS) is 15.8. The zero-order valence-electron chi connectivity index (χ0n) is 16.0. The van der Waals surface area contributed by atoms with Crippen molar-refractivity contribution in [1.29, 1.82) is 0 Å². The van der Waals surface area contributed by atoms with E-state index in [1.807, 2.05) is 24.3 Å². The molecule has 1 aliphatic carbocycles. The zero-order chi connectivity index (χ0) is 20.1. The van der Waals surface area contributed by atoms with Crippen molar-refractivity contribution in [2.45, 2.75) is 44.4 Å². The number of halogens is 1. The molecule has 0 aliphatic heterocycles. The lowest BCUT2D eigenvalue weighted by Gasteiger charge is -2.18. The molecule has 0 saturated heterocycles. The first-order chi connectivity index (χ1) is 13.5. The van der Waals surface area contributed by atoms with E-state index in [2.05, 4.69) is 12.2 Å². The van der Waals surface area contributed by atoms with E-state index in [0.29, 0.717) is 40.3 Å². The van der Waals surface area contributed by atoms with Gasteiger partial charge in [-0.1, -0.05) is 18.5 Å². The molecule has 1 amide bonds. The molecular weight excluding hydrogens is 414 g/mol. The van der Waals surface area contributed by atoms with Crippen LogP contribution in [0.25, 0.3) is 0 Å². The quantitative estimate of drug-likeness (QED) is 0.437. The third kappa shape index (κ3) is 5.31. The maximum Gasteiger partial charge on any atom is 0.341 e. The van der Waals surface area contributed by atoms with E-state index in [-0.39, 0.29) is 11.9 Å². The number of thioether (sulfide) groups is 1. The third-order valence-corrected chi connectivity index (χ3v) is 7.09. The smallest absolute Gasteiger partial charge is 0.341 e. The van der Waals surface area contributed by atoms with Crippen molar-refractivity contribution >= 4 is 51.6 Å². The summed E-state index contributed by atoms with van der Waals surface area (Å²) in [5.74, 6) is 0.837. The molecule has 1 atom stereocenters. The first-order valence-corrected chi connectivity index (χ1v) is 11.7. The number of rotatable bonds is 7. The van der Waals surface area contributed by atoms with Gasteiger partial charge in [0.1, 0.15) is 5.00 Å². The molecule has 1 aromatic carbocycles. The highest BCUT2D eigenvalue weighted by Gasteiger charge is 2.29. The Morgan fingerprint density at radius 3 is 2.79 bits per heavy atom. The summed E-state index contributed by atoms with van der Waals surface area (Å²) in [5.41, 5.74) is 1.62. The number of carbonyl (C=O) groups excluding carboxylic acids is 2. The van der Waals surface area contributed by atoms with Crippen LogP contribution in [0.1, 0.15) is 47.5 Å². The van der Waals surface area contributed by atoms with Gasteiger partial charge in [-0.25, -0.2) is 4.79 Å². The molecule has 7 heteroatoms. The van der Waals surface area contributed by atoms with Crippen LogP contribution in [-0.2, 0) is 22.4 Å². The first kappa shape index (κ1) is 21.2. The number of thiophene rings is 1. The first-order valence-electron chi connectivity index (χ1n) is 9.47. The summed E-state index contributed by atoms with van der Waals surface area (Å²) in [6.45, 7) is 4.34. The van der Waals surface area contributed by atoms with Gasteiger partial charge in [-0.3, -0.25) is 4.79 Å². The summed E-state index contributed by atoms with van der Waals surface area (Å²) in [6, 6.07) is 7.57. The molecule has 3 rings (SSSR count). The van der Waals surface area contributed by atoms with Gasteiger partial charge in [-0.15, -0.1) is 23.1 Å². The van der Waals surface area contributed by atoms with Crippen molar-refractivity contribution < 1.29 is 14.3 Å². The highest BCUT2D eigenvalue weighted by Crippen LogP contribution is 2.40. The summed E-state index contributed by atoms with van der Waals surface area (Å²) in [6.07, 6.45) is 3.24. The molecule has 4 nitrogen and oxygen atoms in total. The highest BCUT2D eigenvalue weighted by atomic mass is 35.5. The lowest BCUT2D eigenvalue weighted by molar-refractivity contribution is -0.115. The maximum absolute atomic E-state index is 12.5. The van der Waals surface area contributed by atoms with Gasteiger partial charge < -0.3 is 10.1 Å². The number of hydrogen-bond acceptors (Lipinski definition) is 5. The Bertz CT molecular complexity index is 848. The van der Waals surface area contributed by atoms with Gasteiger partial charge in [0, 0.05) is 27.0 Å². The number of carbonyl (C=O) groups is 2. The molecule has 0 radical (unpaired) electrons. The summed E-state index contributed by atoms with van der Waals surface area (Å²) < 4.78 is 5.25. The Morgan fingerprint density at radius 1 is 1.32 bits per heavy atom. The molecule has 1 unspecified atom stereocenters. The fraction of sp³-hybridized carbons (Fsp3) is 0.429. The van der Waals surface area contributed by atoms with Crippen molar-refractivity contribution in [3.05, 3.63) is 45.3 Å². The molecule has 1 aromatic heterocycles. The van der Waals surface area contributed by atoms with Crippen LogP contribution in [0.3, 0.4) is 0 Å². The van der Waals surface area contributed by atoms with Crippen LogP contribution in [0.2, 0.25) is 5.02 Å². The van der Waals surface area contributed by atoms with Crippen molar-refractivity contribution in [3.8, 4) is 0 Å². The Kier molecular flexibility index (Phi) is 7.43. The number of fused-ring (bicyclic) bond motifs is 1. The monoisotopic (exact) mass is 437 g/mol. The van der Waals surface area contributed by atoms with Crippen LogP contribution in [0, 0.1) is 5.92 Å². The number of hydrogen-bond donors (Lipinski definition) is 1. The predicted octanol–water partition coefficient (Wildman–Crippen LogP) is 5.82. The Morgan fingerprint density at radius 2 is 2.07 bits per heavy atom. The fourth-order valence-electron chi connectivity index (χ4n) is 3.24. The van der Waals surface area contributed by atoms with Crippen LogP contribution < -0.4 is 5.32 Å². The molecule has 0 saturated carbocycles. The summed E-state index contributed by atoms with van der Waals surface area (Å²) >= 11 is 9.02. The van der Waals surface area contributed by atoms with Crippen molar-refractivity contribution in [2.24, 2.45) is 5.92 Å². The van der Waals surface area contributed by atoms with Crippen molar-refractivity contribution in [1.82, 2.24) is 0 Å². The lowest BCUT2D eigenvalue weighted by atomic mass is 9.88. The Hall–Kier alpha value is -1.50. The van der Waals surface area contributed by atoms with Crippen LogP contribution >= 0.6 is 34.7 Å². The van der Waals surface area contributed by atoms with Crippen molar-refractivity contribution in [3.63, 3.8) is 0 Å². The van der Waals surface area contributed by atoms with E-state index in [9.17, 15) is 9.59 Å². The minimum absolute atomic E-state index is 0.0846. The maximum atomic E-state index is 12.5. The van der Waals surface area contributed by atoms with E-state index >= 15 is 0 Å².